The molecular formula is C13H17N. The van der Waals surface area contributed by atoms with Gasteiger partial charge in [-0.25, -0.2) is 0 Å². The highest BCUT2D eigenvalue weighted by Crippen LogP contribution is 2.06. The van der Waals surface area contributed by atoms with Crippen LogP contribution in [0.1, 0.15) is 22.0 Å². The summed E-state index contributed by atoms with van der Waals surface area (Å²) in [4.78, 5) is 0.757. The topological polar surface area (TPSA) is 3.24 Å². The van der Waals surface area contributed by atoms with E-state index in [4.69, 9.17) is 16.0 Å². The average molecular weight is 194 g/mol. The Morgan fingerprint density at radius 1 is 1.57 bits per heavy atom. The molecule has 0 amide bonds. The van der Waals surface area contributed by atoms with Crippen molar-refractivity contribution in [3.05, 3.63) is 35.9 Å². The highest BCUT2D eigenvalue weighted by Gasteiger charge is 2.07. The Balaban J connectivity index is 3.37. The fraction of sp³-hybridized carbons (Fsp3) is 0.385. The van der Waals surface area contributed by atoms with E-state index in [2.05, 4.69) is 0 Å². The molecule has 1 aromatic carbocycles. The average Bonchev–Trinajstić information content (AvgIpc) is 2.37. The largest absolute Gasteiger partial charge is 0.292 e. The summed E-state index contributed by atoms with van der Waals surface area (Å²) in [5.74, 6) is 1.86. The SMILES string of the molecule is [2H]C([2H])([2H])[C@@H](N(C)C([2H])([2H])C#C)C([2H])([2H])c1ccccc1. The van der Waals surface area contributed by atoms with Crippen LogP contribution in [0, 0.1) is 12.3 Å². The lowest BCUT2D eigenvalue weighted by atomic mass is 10.1. The lowest BCUT2D eigenvalue weighted by Gasteiger charge is -2.22. The van der Waals surface area contributed by atoms with Gasteiger partial charge in [-0.05, 0) is 25.8 Å². The van der Waals surface area contributed by atoms with Gasteiger partial charge in [-0.2, -0.15) is 0 Å². The summed E-state index contributed by atoms with van der Waals surface area (Å²) in [6.45, 7) is -5.13. The normalized spacial score (nSPS) is 22.8. The Kier molecular flexibility index (Phi) is 1.76. The van der Waals surface area contributed by atoms with Gasteiger partial charge in [0.05, 0.1) is 9.24 Å². The van der Waals surface area contributed by atoms with Gasteiger partial charge in [0, 0.05) is 12.9 Å². The Morgan fingerprint density at radius 2 is 2.29 bits per heavy atom. The van der Waals surface area contributed by atoms with Crippen LogP contribution >= 0.6 is 0 Å². The molecule has 1 nitrogen and oxygen atoms in total. The molecule has 0 aliphatic heterocycles. The van der Waals surface area contributed by atoms with Crippen molar-refractivity contribution in [1.82, 2.24) is 4.90 Å². The van der Waals surface area contributed by atoms with Crippen LogP contribution in [-0.4, -0.2) is 24.5 Å². The first-order valence-electron chi connectivity index (χ1n) is 7.71. The van der Waals surface area contributed by atoms with Crippen molar-refractivity contribution < 1.29 is 9.60 Å². The van der Waals surface area contributed by atoms with Gasteiger partial charge in [-0.15, -0.1) is 6.42 Å². The van der Waals surface area contributed by atoms with E-state index in [-0.39, 0.29) is 5.56 Å². The summed E-state index contributed by atoms with van der Waals surface area (Å²) in [6.07, 6.45) is 2.80. The molecule has 0 aliphatic rings. The Labute approximate surface area is 96.6 Å². The van der Waals surface area contributed by atoms with Crippen LogP contribution in [0.15, 0.2) is 30.3 Å². The third-order valence-corrected chi connectivity index (χ3v) is 1.71. The summed E-state index contributed by atoms with van der Waals surface area (Å²) >= 11 is 0. The summed E-state index contributed by atoms with van der Waals surface area (Å²) in [5.41, 5.74) is 0.158. The maximum Gasteiger partial charge on any atom is 0.0598 e. The van der Waals surface area contributed by atoms with Crippen molar-refractivity contribution in [2.75, 3.05) is 13.5 Å². The lowest BCUT2D eigenvalue weighted by molar-refractivity contribution is 0.287. The Hall–Kier alpha value is -1.26. The fourth-order valence-electron chi connectivity index (χ4n) is 0.955. The maximum absolute atomic E-state index is 8.20. The van der Waals surface area contributed by atoms with E-state index in [1.165, 1.54) is 19.2 Å². The molecule has 0 unspecified atom stereocenters. The van der Waals surface area contributed by atoms with Gasteiger partial charge < -0.3 is 0 Å². The predicted octanol–water partition coefficient (Wildman–Crippen LogP) is 2.18. The Morgan fingerprint density at radius 3 is 2.86 bits per heavy atom. The smallest absolute Gasteiger partial charge is 0.0598 e. The molecule has 0 aliphatic carbocycles. The minimum Gasteiger partial charge on any atom is -0.292 e. The van der Waals surface area contributed by atoms with Crippen LogP contribution in [0.2, 0.25) is 0 Å². The van der Waals surface area contributed by atoms with Gasteiger partial charge in [0.1, 0.15) is 0 Å². The molecular weight excluding hydrogens is 170 g/mol. The fourth-order valence-corrected chi connectivity index (χ4v) is 0.955. The minimum atomic E-state index is -2.75. The molecule has 0 heterocycles. The minimum absolute atomic E-state index is 0.158. The number of hydrogen-bond donors (Lipinski definition) is 0. The van der Waals surface area contributed by atoms with Crippen molar-refractivity contribution in [1.29, 1.82) is 0 Å². The van der Waals surface area contributed by atoms with E-state index in [0.29, 0.717) is 0 Å². The number of benzene rings is 1. The van der Waals surface area contributed by atoms with Crippen molar-refractivity contribution in [3.63, 3.8) is 0 Å². The molecule has 0 fully saturated rings. The lowest BCUT2D eigenvalue weighted by Crippen LogP contribution is -2.31. The van der Waals surface area contributed by atoms with Gasteiger partial charge in [0.25, 0.3) is 0 Å². The van der Waals surface area contributed by atoms with Crippen molar-refractivity contribution >= 4 is 0 Å². The van der Waals surface area contributed by atoms with E-state index in [1.807, 2.05) is 5.92 Å². The summed E-state index contributed by atoms with van der Waals surface area (Å²) in [7, 11) is 1.18. The first-order valence-corrected chi connectivity index (χ1v) is 4.21. The molecule has 0 aromatic heterocycles. The van der Waals surface area contributed by atoms with E-state index in [0.717, 1.165) is 4.90 Å². The van der Waals surface area contributed by atoms with Gasteiger partial charge >= 0.3 is 0 Å². The third-order valence-electron chi connectivity index (χ3n) is 1.71. The molecule has 0 bridgehead atoms. The van der Waals surface area contributed by atoms with Crippen molar-refractivity contribution in [2.45, 2.75) is 19.3 Å². The second-order valence-corrected chi connectivity index (χ2v) is 2.78. The number of nitrogens with zero attached hydrogens (tertiary/aromatic N) is 1. The molecule has 0 spiro atoms. The van der Waals surface area contributed by atoms with Gasteiger partial charge in [0.15, 0.2) is 0 Å². The van der Waals surface area contributed by atoms with Crippen LogP contribution in [0.25, 0.3) is 0 Å². The highest BCUT2D eigenvalue weighted by atomic mass is 15.1. The molecule has 1 rings (SSSR count). The maximum atomic E-state index is 8.20. The molecule has 14 heavy (non-hydrogen) atoms. The second-order valence-electron chi connectivity index (χ2n) is 2.78. The molecule has 0 radical (unpaired) electrons. The van der Waals surface area contributed by atoms with E-state index < -0.39 is 25.8 Å². The zero-order valence-electron chi connectivity index (χ0n) is 15.0. The summed E-state index contributed by atoms with van der Waals surface area (Å²) in [5, 5.41) is 0. The van der Waals surface area contributed by atoms with Crippen LogP contribution in [0.3, 0.4) is 0 Å². The predicted molar refractivity (Wildman–Crippen MR) is 61.1 cm³/mol. The monoisotopic (exact) mass is 194 g/mol. The number of rotatable bonds is 4. The van der Waals surface area contributed by atoms with Crippen LogP contribution in [-0.2, 0) is 6.37 Å². The van der Waals surface area contributed by atoms with Crippen LogP contribution in [0.4, 0.5) is 0 Å². The Bertz CT molecular complexity index is 516. The van der Waals surface area contributed by atoms with E-state index in [1.54, 1.807) is 18.2 Å². The zero-order valence-corrected chi connectivity index (χ0v) is 7.99. The zero-order chi connectivity index (χ0) is 16.5. The summed E-state index contributed by atoms with van der Waals surface area (Å²) in [6, 6.07) is 6.10. The molecule has 1 atom stereocenters. The van der Waals surface area contributed by atoms with Crippen LogP contribution in [0.5, 0.6) is 0 Å². The molecule has 74 valence electrons. The first kappa shape index (κ1) is 4.51. The number of hydrogen-bond acceptors (Lipinski definition) is 1. The third kappa shape index (κ3) is 3.24. The van der Waals surface area contributed by atoms with Crippen molar-refractivity contribution in [2.24, 2.45) is 0 Å². The molecule has 0 saturated carbocycles. The highest BCUT2D eigenvalue weighted by molar-refractivity contribution is 5.15. The molecule has 1 aromatic rings. The number of terminal acetylenes is 1. The first-order chi connectivity index (χ1) is 9.44. The number of likely N-dealkylation sites (N-methyl/N-ethyl adjacent to an activating group) is 1. The summed E-state index contributed by atoms with van der Waals surface area (Å²) < 4.78 is 54.5. The molecule has 0 N–H and O–H groups in total. The van der Waals surface area contributed by atoms with E-state index >= 15 is 0 Å². The standard InChI is InChI=1S/C13H17N/c1-4-10-14(3)12(2)11-13-8-6-5-7-9-13/h1,5-9,12H,10-11H2,2-3H3/t12-/m1/s1/i2D3,10D2,11D2. The quantitative estimate of drug-likeness (QED) is 0.664. The van der Waals surface area contributed by atoms with E-state index in [9.17, 15) is 0 Å². The molecule has 1 heteroatoms. The van der Waals surface area contributed by atoms with Crippen molar-refractivity contribution in [3.8, 4) is 12.3 Å². The van der Waals surface area contributed by atoms with Gasteiger partial charge in [-0.3, -0.25) is 4.90 Å². The van der Waals surface area contributed by atoms with Gasteiger partial charge in [-0.1, -0.05) is 36.3 Å². The van der Waals surface area contributed by atoms with Gasteiger partial charge in [0.2, 0.25) is 0 Å². The van der Waals surface area contributed by atoms with Crippen LogP contribution < -0.4 is 0 Å². The second kappa shape index (κ2) is 5.47. The molecule has 0 saturated heterocycles.